The Bertz CT molecular complexity index is 515. The summed E-state index contributed by atoms with van der Waals surface area (Å²) in [6.45, 7) is 3.51. The molecular weight excluding hydrogens is 274 g/mol. The highest BCUT2D eigenvalue weighted by atomic mass is 32.2. The van der Waals surface area contributed by atoms with Gasteiger partial charge in [-0.1, -0.05) is 0 Å². The summed E-state index contributed by atoms with van der Waals surface area (Å²) in [6.07, 6.45) is 0. The first-order valence-corrected chi connectivity index (χ1v) is 7.85. The number of esters is 2. The Morgan fingerprint density at radius 2 is 1.84 bits per heavy atom. The molecule has 0 spiro atoms. The van der Waals surface area contributed by atoms with Crippen LogP contribution in [0.25, 0.3) is 0 Å². The van der Waals surface area contributed by atoms with E-state index in [9.17, 15) is 18.0 Å². The monoisotopic (exact) mass is 291 g/mol. The number of hydrogen-bond donors (Lipinski definition) is 1. The predicted octanol–water partition coefficient (Wildman–Crippen LogP) is -1.15. The molecule has 0 bridgehead atoms. The second-order valence-corrected chi connectivity index (χ2v) is 6.99. The van der Waals surface area contributed by atoms with E-state index in [1.165, 1.54) is 0 Å². The summed E-state index contributed by atoms with van der Waals surface area (Å²) < 4.78 is 33.5. The summed E-state index contributed by atoms with van der Waals surface area (Å²) in [5, 5.41) is -0.902. The number of hydrogen-bond acceptors (Lipinski definition) is 7. The lowest BCUT2D eigenvalue weighted by molar-refractivity contribution is -0.150. The Morgan fingerprint density at radius 3 is 2.37 bits per heavy atom. The molecule has 1 saturated heterocycles. The molecule has 0 amide bonds. The van der Waals surface area contributed by atoms with Crippen molar-refractivity contribution in [2.24, 2.45) is 17.6 Å². The molecule has 1 aliphatic heterocycles. The van der Waals surface area contributed by atoms with Crippen molar-refractivity contribution in [3.63, 3.8) is 0 Å². The first-order chi connectivity index (χ1) is 8.79. The maximum absolute atomic E-state index is 12.0. The van der Waals surface area contributed by atoms with Gasteiger partial charge in [0.25, 0.3) is 0 Å². The van der Waals surface area contributed by atoms with E-state index in [0.29, 0.717) is 0 Å². The fraction of sp³-hybridized carbons (Fsp3) is 0.818. The smallest absolute Gasteiger partial charge is 0.327 e. The maximum atomic E-state index is 12.0. The number of rotatable bonds is 4. The molecule has 0 aromatic rings. The number of ether oxygens (including phenoxy) is 2. The van der Waals surface area contributed by atoms with Crippen LogP contribution in [0.4, 0.5) is 0 Å². The molecule has 1 saturated carbocycles. The number of fused-ring (bicyclic) bond motifs is 1. The average Bonchev–Trinajstić information content (AvgIpc) is 3.00. The largest absolute Gasteiger partial charge is 0.466 e. The Labute approximate surface area is 111 Å². The van der Waals surface area contributed by atoms with Crippen LogP contribution in [0, 0.1) is 11.8 Å². The van der Waals surface area contributed by atoms with Crippen molar-refractivity contribution in [3.05, 3.63) is 0 Å². The van der Waals surface area contributed by atoms with E-state index in [-0.39, 0.29) is 13.2 Å². The zero-order chi connectivity index (χ0) is 14.4. The summed E-state index contributed by atoms with van der Waals surface area (Å²) in [7, 11) is -3.56. The normalized spacial score (nSPS) is 38.4. The zero-order valence-electron chi connectivity index (χ0n) is 10.8. The van der Waals surface area contributed by atoms with Crippen molar-refractivity contribution < 1.29 is 27.5 Å². The molecule has 2 rings (SSSR count). The topological polar surface area (TPSA) is 113 Å². The molecule has 2 fully saturated rings. The molecule has 7 nitrogen and oxygen atoms in total. The van der Waals surface area contributed by atoms with Gasteiger partial charge in [0.2, 0.25) is 0 Å². The highest BCUT2D eigenvalue weighted by Crippen LogP contribution is 2.57. The SMILES string of the molecule is CCOC(=O)[C@@H]1[C@@H]2[C@H]1S(=O)(=O)C[C@@]2(N)C(=O)OCC. The average molecular weight is 291 g/mol. The van der Waals surface area contributed by atoms with E-state index in [1.54, 1.807) is 13.8 Å². The Balaban J connectivity index is 2.26. The van der Waals surface area contributed by atoms with Gasteiger partial charge in [-0.05, 0) is 13.8 Å². The molecule has 2 aliphatic rings. The maximum Gasteiger partial charge on any atom is 0.327 e. The lowest BCUT2D eigenvalue weighted by Crippen LogP contribution is -2.54. The van der Waals surface area contributed by atoms with Crippen LogP contribution < -0.4 is 5.73 Å². The van der Waals surface area contributed by atoms with E-state index in [1.807, 2.05) is 0 Å². The fourth-order valence-corrected chi connectivity index (χ4v) is 5.51. The van der Waals surface area contributed by atoms with Gasteiger partial charge < -0.3 is 15.2 Å². The minimum atomic E-state index is -3.56. The Hall–Kier alpha value is -1.15. The Kier molecular flexibility index (Phi) is 3.34. The second kappa shape index (κ2) is 4.45. The number of carbonyl (C=O) groups is 2. The van der Waals surface area contributed by atoms with E-state index in [0.717, 1.165) is 0 Å². The van der Waals surface area contributed by atoms with E-state index in [4.69, 9.17) is 15.2 Å². The van der Waals surface area contributed by atoms with Crippen molar-refractivity contribution in [1.82, 2.24) is 0 Å². The minimum Gasteiger partial charge on any atom is -0.466 e. The van der Waals surface area contributed by atoms with Gasteiger partial charge in [-0.3, -0.25) is 9.59 Å². The molecule has 19 heavy (non-hydrogen) atoms. The first-order valence-electron chi connectivity index (χ1n) is 6.14. The first kappa shape index (κ1) is 14.3. The number of sulfone groups is 1. The van der Waals surface area contributed by atoms with Crippen molar-refractivity contribution in [2.75, 3.05) is 19.0 Å². The standard InChI is InChI=1S/C11H17NO6S/c1-3-17-9(13)6-7-8(6)19(15,16)5-11(7,12)10(14)18-4-2/h6-8H,3-5,12H2,1-2H3/t6-,7-,8+,11+/m1/s1. The third kappa shape index (κ3) is 2.02. The van der Waals surface area contributed by atoms with Crippen LogP contribution in [0.5, 0.6) is 0 Å². The van der Waals surface area contributed by atoms with Crippen LogP contribution in [0.2, 0.25) is 0 Å². The number of nitrogens with two attached hydrogens (primary N) is 1. The van der Waals surface area contributed by atoms with Gasteiger partial charge in [0.15, 0.2) is 9.84 Å². The van der Waals surface area contributed by atoms with Gasteiger partial charge in [0.1, 0.15) is 5.54 Å². The molecule has 0 aromatic heterocycles. The van der Waals surface area contributed by atoms with Gasteiger partial charge >= 0.3 is 11.9 Å². The summed E-state index contributed by atoms with van der Waals surface area (Å²) in [4.78, 5) is 23.5. The molecule has 1 aliphatic carbocycles. The van der Waals surface area contributed by atoms with Gasteiger partial charge in [-0.2, -0.15) is 0 Å². The van der Waals surface area contributed by atoms with Gasteiger partial charge in [-0.15, -0.1) is 0 Å². The van der Waals surface area contributed by atoms with Gasteiger partial charge in [-0.25, -0.2) is 8.42 Å². The van der Waals surface area contributed by atoms with E-state index < -0.39 is 50.2 Å². The van der Waals surface area contributed by atoms with Crippen LogP contribution in [0.3, 0.4) is 0 Å². The summed E-state index contributed by atoms with van der Waals surface area (Å²) in [6, 6.07) is 0. The molecule has 108 valence electrons. The third-order valence-corrected chi connectivity index (χ3v) is 5.91. The molecule has 0 aromatic carbocycles. The van der Waals surface area contributed by atoms with Crippen LogP contribution >= 0.6 is 0 Å². The van der Waals surface area contributed by atoms with Crippen LogP contribution in [0.1, 0.15) is 13.8 Å². The zero-order valence-corrected chi connectivity index (χ0v) is 11.6. The fourth-order valence-electron chi connectivity index (χ4n) is 2.85. The van der Waals surface area contributed by atoms with Crippen LogP contribution in [0.15, 0.2) is 0 Å². The van der Waals surface area contributed by atoms with Crippen LogP contribution in [-0.2, 0) is 28.9 Å². The highest BCUT2D eigenvalue weighted by Gasteiger charge is 2.77. The van der Waals surface area contributed by atoms with E-state index in [2.05, 4.69) is 0 Å². The Morgan fingerprint density at radius 1 is 1.26 bits per heavy atom. The molecule has 2 N–H and O–H groups in total. The molecule has 0 unspecified atom stereocenters. The lowest BCUT2D eigenvalue weighted by atomic mass is 9.95. The second-order valence-electron chi connectivity index (χ2n) is 4.84. The summed E-state index contributed by atoms with van der Waals surface area (Å²) >= 11 is 0. The van der Waals surface area contributed by atoms with Crippen LogP contribution in [-0.4, -0.2) is 50.1 Å². The van der Waals surface area contributed by atoms with Gasteiger partial charge in [0.05, 0.1) is 30.1 Å². The number of carbonyl (C=O) groups excluding carboxylic acids is 2. The van der Waals surface area contributed by atoms with Crippen molar-refractivity contribution >= 4 is 21.8 Å². The molecule has 4 atom stereocenters. The predicted molar refractivity (Wildman–Crippen MR) is 64.7 cm³/mol. The summed E-state index contributed by atoms with van der Waals surface area (Å²) in [5.41, 5.74) is 4.28. The molecule has 8 heteroatoms. The molecular formula is C11H17NO6S. The molecule has 0 radical (unpaired) electrons. The van der Waals surface area contributed by atoms with Crippen molar-refractivity contribution in [3.8, 4) is 0 Å². The lowest BCUT2D eigenvalue weighted by Gasteiger charge is -2.23. The highest BCUT2D eigenvalue weighted by molar-refractivity contribution is 7.92. The quantitative estimate of drug-likeness (QED) is 0.651. The minimum absolute atomic E-state index is 0.110. The summed E-state index contributed by atoms with van der Waals surface area (Å²) in [5.74, 6) is -3.41. The van der Waals surface area contributed by atoms with Crippen molar-refractivity contribution in [1.29, 1.82) is 0 Å². The van der Waals surface area contributed by atoms with Crippen molar-refractivity contribution in [2.45, 2.75) is 24.6 Å². The van der Waals surface area contributed by atoms with Gasteiger partial charge in [0, 0.05) is 5.92 Å². The van der Waals surface area contributed by atoms with E-state index >= 15 is 0 Å². The molecule has 1 heterocycles. The third-order valence-electron chi connectivity index (χ3n) is 3.62.